The number of aromatic nitrogens is 1. The third-order valence-electron chi connectivity index (χ3n) is 7.51. The Morgan fingerprint density at radius 1 is 0.897 bits per heavy atom. The lowest BCUT2D eigenvalue weighted by Gasteiger charge is -2.38. The summed E-state index contributed by atoms with van der Waals surface area (Å²) >= 11 is 0. The number of carbonyl (C=O) groups excluding carboxylic acids is 2. The number of hydrogen-bond donors (Lipinski definition) is 0. The molecular formula is C29H28NO9+. The predicted octanol–water partition coefficient (Wildman–Crippen LogP) is 2.95. The third-order valence-corrected chi connectivity index (χ3v) is 7.51. The van der Waals surface area contributed by atoms with Crippen molar-refractivity contribution in [2.45, 2.75) is 18.6 Å². The van der Waals surface area contributed by atoms with Gasteiger partial charge < -0.3 is 33.2 Å². The number of hydrogen-bond acceptors (Lipinski definition) is 9. The minimum atomic E-state index is -0.721. The summed E-state index contributed by atoms with van der Waals surface area (Å²) in [6.45, 7) is 0.228. The number of carbonyl (C=O) groups is 2. The van der Waals surface area contributed by atoms with E-state index in [1.807, 2.05) is 42.5 Å². The molecule has 0 saturated carbocycles. The molecule has 10 heteroatoms. The maximum atomic E-state index is 13.3. The van der Waals surface area contributed by atoms with E-state index < -0.39 is 29.8 Å². The molecule has 1 saturated heterocycles. The van der Waals surface area contributed by atoms with Crippen LogP contribution in [0.15, 0.2) is 54.9 Å². The molecule has 202 valence electrons. The maximum absolute atomic E-state index is 13.3. The molecule has 2 aliphatic heterocycles. The van der Waals surface area contributed by atoms with Gasteiger partial charge in [-0.05, 0) is 35.4 Å². The summed E-state index contributed by atoms with van der Waals surface area (Å²) < 4.78 is 41.5. The van der Waals surface area contributed by atoms with Gasteiger partial charge in [-0.25, -0.2) is 4.79 Å². The third kappa shape index (κ3) is 4.25. The number of rotatable bonds is 7. The average Bonchev–Trinajstić information content (AvgIpc) is 3.58. The molecule has 6 rings (SSSR count). The van der Waals surface area contributed by atoms with Crippen LogP contribution in [0, 0.1) is 11.8 Å². The van der Waals surface area contributed by atoms with E-state index in [0.29, 0.717) is 28.7 Å². The summed E-state index contributed by atoms with van der Waals surface area (Å²) in [7, 11) is 4.62. The van der Waals surface area contributed by atoms with Crippen molar-refractivity contribution in [2.24, 2.45) is 11.8 Å². The number of methoxy groups -OCH3 is 3. The van der Waals surface area contributed by atoms with Crippen LogP contribution in [0.3, 0.4) is 0 Å². The monoisotopic (exact) mass is 534 g/mol. The lowest BCUT2D eigenvalue weighted by atomic mass is 9.66. The highest BCUT2D eigenvalue weighted by atomic mass is 16.7. The Morgan fingerprint density at radius 3 is 2.21 bits per heavy atom. The Hall–Kier alpha value is -4.47. The standard InChI is InChI=1S/C29H28NO9/c1-33-22-9-16(10-23(34-2)28(22)35-3)25-17-11-20-21(38-15-37-20)12-18(17)27(19-14-36-29(32)26(19)25)39-24(31)13-30-7-5-4-6-8-30/h4-12,19,25-27H,13-15H2,1-3H3/q+1/t19-,25+,26-,27-/m0/s1. The molecule has 2 aromatic carbocycles. The molecule has 10 nitrogen and oxygen atoms in total. The number of nitrogens with zero attached hydrogens (tertiary/aromatic N) is 1. The van der Waals surface area contributed by atoms with Crippen molar-refractivity contribution in [1.82, 2.24) is 0 Å². The first kappa shape index (κ1) is 24.8. The first-order valence-electron chi connectivity index (χ1n) is 12.6. The molecule has 0 unspecified atom stereocenters. The maximum Gasteiger partial charge on any atom is 0.373 e. The first-order valence-corrected chi connectivity index (χ1v) is 12.6. The van der Waals surface area contributed by atoms with Crippen molar-refractivity contribution in [3.8, 4) is 28.7 Å². The molecule has 0 bridgehead atoms. The second kappa shape index (κ2) is 10.0. The summed E-state index contributed by atoms with van der Waals surface area (Å²) in [6, 6.07) is 12.9. The van der Waals surface area contributed by atoms with Gasteiger partial charge in [-0.15, -0.1) is 0 Å². The van der Waals surface area contributed by atoms with E-state index in [0.717, 1.165) is 16.7 Å². The average molecular weight is 535 g/mol. The number of esters is 2. The van der Waals surface area contributed by atoms with Crippen molar-refractivity contribution in [2.75, 3.05) is 34.7 Å². The Kier molecular flexibility index (Phi) is 6.38. The highest BCUT2D eigenvalue weighted by molar-refractivity contribution is 5.79. The first-order chi connectivity index (χ1) is 19.0. The van der Waals surface area contributed by atoms with Crippen LogP contribution in [0.2, 0.25) is 0 Å². The minimum absolute atomic E-state index is 0.0275. The minimum Gasteiger partial charge on any atom is -0.493 e. The largest absolute Gasteiger partial charge is 0.493 e. The van der Waals surface area contributed by atoms with Crippen LogP contribution in [-0.2, 0) is 25.6 Å². The summed E-state index contributed by atoms with van der Waals surface area (Å²) in [5.41, 5.74) is 2.28. The quantitative estimate of drug-likeness (QED) is 0.334. The zero-order chi connectivity index (χ0) is 27.1. The number of benzene rings is 2. The van der Waals surface area contributed by atoms with Gasteiger partial charge in [0.1, 0.15) is 6.10 Å². The van der Waals surface area contributed by atoms with Crippen LogP contribution < -0.4 is 28.3 Å². The van der Waals surface area contributed by atoms with Crippen LogP contribution in [-0.4, -0.2) is 46.7 Å². The van der Waals surface area contributed by atoms with Crippen LogP contribution in [0.5, 0.6) is 28.7 Å². The highest BCUT2D eigenvalue weighted by Gasteiger charge is 2.54. The van der Waals surface area contributed by atoms with Crippen molar-refractivity contribution in [1.29, 1.82) is 0 Å². The predicted molar refractivity (Wildman–Crippen MR) is 134 cm³/mol. The molecule has 1 aromatic heterocycles. The van der Waals surface area contributed by atoms with E-state index in [2.05, 4.69) is 0 Å². The van der Waals surface area contributed by atoms with Gasteiger partial charge in [-0.2, -0.15) is 4.57 Å². The smallest absolute Gasteiger partial charge is 0.373 e. The number of ether oxygens (including phenoxy) is 7. The van der Waals surface area contributed by atoms with E-state index in [-0.39, 0.29) is 25.9 Å². The fraction of sp³-hybridized carbons (Fsp3) is 0.345. The normalized spacial score (nSPS) is 22.4. The van der Waals surface area contributed by atoms with Gasteiger partial charge in [-0.3, -0.25) is 4.79 Å². The Bertz CT molecular complexity index is 1400. The highest BCUT2D eigenvalue weighted by Crippen LogP contribution is 2.56. The Labute approximate surface area is 224 Å². The van der Waals surface area contributed by atoms with Crippen LogP contribution >= 0.6 is 0 Å². The van der Waals surface area contributed by atoms with Crippen LogP contribution in [0.25, 0.3) is 0 Å². The van der Waals surface area contributed by atoms with Gasteiger partial charge in [0, 0.05) is 29.5 Å². The molecule has 3 aromatic rings. The van der Waals surface area contributed by atoms with Crippen molar-refractivity contribution < 1.29 is 47.3 Å². The van der Waals surface area contributed by atoms with Gasteiger partial charge in [0.2, 0.25) is 19.1 Å². The lowest BCUT2D eigenvalue weighted by Crippen LogP contribution is -2.41. The Balaban J connectivity index is 1.48. The van der Waals surface area contributed by atoms with Crippen molar-refractivity contribution >= 4 is 11.9 Å². The van der Waals surface area contributed by atoms with E-state index in [9.17, 15) is 9.59 Å². The van der Waals surface area contributed by atoms with E-state index in [1.54, 1.807) is 31.2 Å². The molecule has 1 aliphatic carbocycles. The van der Waals surface area contributed by atoms with Gasteiger partial charge in [0.05, 0.1) is 33.9 Å². The van der Waals surface area contributed by atoms with Gasteiger partial charge in [0.25, 0.3) is 0 Å². The zero-order valence-electron chi connectivity index (χ0n) is 21.7. The number of pyridine rings is 1. The topological polar surface area (TPSA) is 103 Å². The summed E-state index contributed by atoms with van der Waals surface area (Å²) in [5, 5.41) is 0. The zero-order valence-corrected chi connectivity index (χ0v) is 21.7. The number of cyclic esters (lactones) is 1. The number of fused-ring (bicyclic) bond motifs is 3. The van der Waals surface area contributed by atoms with Gasteiger partial charge in [-0.1, -0.05) is 6.07 Å². The van der Waals surface area contributed by atoms with E-state index in [1.165, 1.54) is 7.11 Å². The summed E-state index contributed by atoms with van der Waals surface area (Å²) in [5.74, 6) is 0.200. The molecule has 0 spiro atoms. The molecule has 4 atom stereocenters. The van der Waals surface area contributed by atoms with Crippen molar-refractivity contribution in [3.63, 3.8) is 0 Å². The lowest BCUT2D eigenvalue weighted by molar-refractivity contribution is -0.686. The molecule has 0 N–H and O–H groups in total. The molecule has 0 amide bonds. The van der Waals surface area contributed by atoms with Crippen LogP contribution in [0.1, 0.15) is 28.7 Å². The second-order valence-electron chi connectivity index (χ2n) is 9.55. The molecule has 3 aliphatic rings. The second-order valence-corrected chi connectivity index (χ2v) is 9.55. The van der Waals surface area contributed by atoms with E-state index >= 15 is 0 Å². The summed E-state index contributed by atoms with van der Waals surface area (Å²) in [6.07, 6.45) is 2.86. The van der Waals surface area contributed by atoms with Gasteiger partial charge >= 0.3 is 11.9 Å². The molecule has 1 fully saturated rings. The molecular weight excluding hydrogens is 506 g/mol. The van der Waals surface area contributed by atoms with Crippen molar-refractivity contribution in [3.05, 3.63) is 71.5 Å². The van der Waals surface area contributed by atoms with E-state index in [4.69, 9.17) is 33.2 Å². The fourth-order valence-corrected chi connectivity index (χ4v) is 5.81. The van der Waals surface area contributed by atoms with Gasteiger partial charge in [0.15, 0.2) is 35.4 Å². The Morgan fingerprint density at radius 2 is 1.56 bits per heavy atom. The molecule has 3 heterocycles. The molecule has 39 heavy (non-hydrogen) atoms. The molecule has 0 radical (unpaired) electrons. The summed E-state index contributed by atoms with van der Waals surface area (Å²) in [4.78, 5) is 26.4. The van der Waals surface area contributed by atoms with Crippen LogP contribution in [0.4, 0.5) is 0 Å². The fourth-order valence-electron chi connectivity index (χ4n) is 5.81. The SMILES string of the molecule is COc1cc([C@@H]2c3cc4c(cc3[C@H](OC(=O)C[n+]3ccccc3)[C@H]3COC(=O)[C@H]23)OCO4)cc(OC)c1OC.